The molecule has 1 N–H and O–H groups in total. The van der Waals surface area contributed by atoms with Crippen molar-refractivity contribution in [3.8, 4) is 22.6 Å². The Morgan fingerprint density at radius 2 is 2.05 bits per heavy atom. The zero-order chi connectivity index (χ0) is 26.9. The molecule has 10 heteroatoms. The molecule has 4 rings (SSSR count). The summed E-state index contributed by atoms with van der Waals surface area (Å²) in [5, 5.41) is 3.70. The van der Waals surface area contributed by atoms with Gasteiger partial charge in [-0.1, -0.05) is 42.1 Å². The summed E-state index contributed by atoms with van der Waals surface area (Å²) in [6.07, 6.45) is 6.88. The third kappa shape index (κ3) is 7.69. The van der Waals surface area contributed by atoms with Crippen LogP contribution in [0.1, 0.15) is 18.4 Å². The number of hydrogen-bond acceptors (Lipinski definition) is 7. The van der Waals surface area contributed by atoms with Crippen molar-refractivity contribution in [2.75, 3.05) is 32.5 Å². The molecule has 0 bridgehead atoms. The Morgan fingerprint density at radius 3 is 2.79 bits per heavy atom. The van der Waals surface area contributed by atoms with Crippen LogP contribution in [0.4, 0.5) is 4.39 Å². The first-order valence-electron chi connectivity index (χ1n) is 12.3. The number of rotatable bonds is 11. The van der Waals surface area contributed by atoms with Crippen molar-refractivity contribution in [1.82, 2.24) is 20.2 Å². The number of hydrogen-bond donors (Lipinski definition) is 1. The molecule has 7 nitrogen and oxygen atoms in total. The third-order valence-electron chi connectivity index (χ3n) is 6.25. The molecule has 1 aromatic heterocycles. The lowest BCUT2D eigenvalue weighted by Crippen LogP contribution is -2.41. The number of thioether (sulfide) groups is 1. The molecule has 38 heavy (non-hydrogen) atoms. The second-order valence-electron chi connectivity index (χ2n) is 8.99. The van der Waals surface area contributed by atoms with Gasteiger partial charge in [-0.2, -0.15) is 0 Å². The van der Waals surface area contributed by atoms with Gasteiger partial charge in [-0.3, -0.25) is 9.69 Å². The molecule has 0 aliphatic carbocycles. The Balaban J connectivity index is 1.22. The molecule has 1 fully saturated rings. The predicted molar refractivity (Wildman–Crippen MR) is 148 cm³/mol. The molecule has 0 saturated carbocycles. The zero-order valence-electron chi connectivity index (χ0n) is 21.2. The average Bonchev–Trinajstić information content (AvgIpc) is 2.94. The largest absolute Gasteiger partial charge is 0.493 e. The zero-order valence-corrected chi connectivity index (χ0v) is 22.7. The normalized spacial score (nSPS) is 15.6. The number of aromatic nitrogens is 2. The van der Waals surface area contributed by atoms with Gasteiger partial charge in [0.15, 0.2) is 16.7 Å². The Morgan fingerprint density at radius 1 is 1.24 bits per heavy atom. The van der Waals surface area contributed by atoms with E-state index in [0.29, 0.717) is 35.7 Å². The van der Waals surface area contributed by atoms with E-state index >= 15 is 0 Å². The summed E-state index contributed by atoms with van der Waals surface area (Å²) in [5.74, 6) is 1.30. The number of benzene rings is 2. The highest BCUT2D eigenvalue weighted by Crippen LogP contribution is 2.32. The molecule has 0 spiro atoms. The van der Waals surface area contributed by atoms with Crippen LogP contribution in [0.25, 0.3) is 11.1 Å². The van der Waals surface area contributed by atoms with Crippen LogP contribution in [-0.4, -0.2) is 53.3 Å². The fourth-order valence-electron chi connectivity index (χ4n) is 4.37. The van der Waals surface area contributed by atoms with E-state index in [-0.39, 0.29) is 16.7 Å². The fraction of sp³-hybridized carbons (Fsp3) is 0.321. The maximum atomic E-state index is 13.8. The summed E-state index contributed by atoms with van der Waals surface area (Å²) in [4.78, 5) is 23.5. The van der Waals surface area contributed by atoms with Crippen LogP contribution in [0.3, 0.4) is 0 Å². The molecule has 1 atom stereocenters. The van der Waals surface area contributed by atoms with Crippen molar-refractivity contribution < 1.29 is 18.7 Å². The van der Waals surface area contributed by atoms with Crippen molar-refractivity contribution >= 4 is 29.3 Å². The summed E-state index contributed by atoms with van der Waals surface area (Å²) >= 11 is 7.08. The number of halogens is 2. The number of methoxy groups -OCH3 is 1. The van der Waals surface area contributed by atoms with Crippen LogP contribution in [0, 0.1) is 11.7 Å². The average molecular weight is 557 g/mol. The second kappa shape index (κ2) is 13.6. The number of carbonyl (C=O) groups is 1. The molecule has 2 heterocycles. The molecule has 1 amide bonds. The van der Waals surface area contributed by atoms with Gasteiger partial charge >= 0.3 is 0 Å². The summed E-state index contributed by atoms with van der Waals surface area (Å²) < 4.78 is 24.5. The van der Waals surface area contributed by atoms with E-state index < -0.39 is 5.82 Å². The molecule has 1 aliphatic rings. The maximum Gasteiger partial charge on any atom is 0.230 e. The predicted octanol–water partition coefficient (Wildman–Crippen LogP) is 5.59. The van der Waals surface area contributed by atoms with E-state index in [1.165, 1.54) is 24.1 Å². The third-order valence-corrected chi connectivity index (χ3v) is 7.43. The summed E-state index contributed by atoms with van der Waals surface area (Å²) in [6, 6.07) is 10.5. The number of nitrogens with zero attached hydrogens (tertiary/aromatic N) is 3. The standard InChI is InChI=1S/C28H30ClFN4O3S/c1-3-37-25-9-7-21(12-26(25)36-2)22-14-32-28(33-15-22)38-18-27(35)31-13-20-5-4-10-34(17-20)16-19-6-8-23(29)24(30)11-19/h3,6-9,11-12,14-15,20H,1,4-5,10,13,16-18H2,2H3,(H,31,35). The van der Waals surface area contributed by atoms with Gasteiger partial charge in [-0.25, -0.2) is 14.4 Å². The highest BCUT2D eigenvalue weighted by atomic mass is 35.5. The van der Waals surface area contributed by atoms with E-state index in [1.807, 2.05) is 18.2 Å². The highest BCUT2D eigenvalue weighted by molar-refractivity contribution is 7.99. The molecule has 1 saturated heterocycles. The lowest BCUT2D eigenvalue weighted by Gasteiger charge is -2.32. The quantitative estimate of drug-likeness (QED) is 0.187. The first kappa shape index (κ1) is 27.9. The number of piperidine rings is 1. The molecular formula is C28H30ClFN4O3S. The van der Waals surface area contributed by atoms with E-state index in [1.54, 1.807) is 31.6 Å². The van der Waals surface area contributed by atoms with Crippen molar-refractivity contribution in [2.45, 2.75) is 24.5 Å². The summed E-state index contributed by atoms with van der Waals surface area (Å²) in [7, 11) is 1.57. The van der Waals surface area contributed by atoms with Gasteiger partial charge in [0.05, 0.1) is 24.1 Å². The first-order chi connectivity index (χ1) is 18.4. The topological polar surface area (TPSA) is 76.6 Å². The highest BCUT2D eigenvalue weighted by Gasteiger charge is 2.21. The fourth-order valence-corrected chi connectivity index (χ4v) is 5.11. The van der Waals surface area contributed by atoms with Crippen molar-refractivity contribution in [2.24, 2.45) is 5.92 Å². The number of ether oxygens (including phenoxy) is 2. The SMILES string of the molecule is C=COc1ccc(-c2cnc(SCC(=O)NCC3CCCN(Cc4ccc(Cl)c(F)c4)C3)nc2)cc1OC. The summed E-state index contributed by atoms with van der Waals surface area (Å²) in [6.45, 7) is 6.65. The van der Waals surface area contributed by atoms with E-state index in [4.69, 9.17) is 21.1 Å². The van der Waals surface area contributed by atoms with Gasteiger partial charge in [-0.05, 0) is 60.7 Å². The van der Waals surface area contributed by atoms with Gasteiger partial charge in [0.25, 0.3) is 0 Å². The van der Waals surface area contributed by atoms with Crippen molar-refractivity contribution in [3.63, 3.8) is 0 Å². The van der Waals surface area contributed by atoms with Crippen LogP contribution >= 0.6 is 23.4 Å². The molecule has 2 aromatic carbocycles. The monoisotopic (exact) mass is 556 g/mol. The second-order valence-corrected chi connectivity index (χ2v) is 10.3. The molecule has 200 valence electrons. The van der Waals surface area contributed by atoms with Gasteiger partial charge < -0.3 is 14.8 Å². The minimum Gasteiger partial charge on any atom is -0.493 e. The Bertz CT molecular complexity index is 1260. The van der Waals surface area contributed by atoms with E-state index in [0.717, 1.165) is 42.6 Å². The maximum absolute atomic E-state index is 13.8. The Kier molecular flexibility index (Phi) is 9.98. The summed E-state index contributed by atoms with van der Waals surface area (Å²) in [5.41, 5.74) is 2.61. The van der Waals surface area contributed by atoms with Gasteiger partial charge in [-0.15, -0.1) is 0 Å². The van der Waals surface area contributed by atoms with Gasteiger partial charge in [0, 0.05) is 37.6 Å². The smallest absolute Gasteiger partial charge is 0.230 e. The number of nitrogens with one attached hydrogen (secondary N) is 1. The van der Waals surface area contributed by atoms with Crippen LogP contribution in [0.5, 0.6) is 11.5 Å². The minimum atomic E-state index is -0.394. The molecule has 1 unspecified atom stereocenters. The molecule has 3 aromatic rings. The van der Waals surface area contributed by atoms with E-state index in [2.05, 4.69) is 26.8 Å². The van der Waals surface area contributed by atoms with Crippen LogP contribution < -0.4 is 14.8 Å². The first-order valence-corrected chi connectivity index (χ1v) is 13.7. The van der Waals surface area contributed by atoms with Gasteiger partial charge in [0.1, 0.15) is 5.82 Å². The number of likely N-dealkylation sites (tertiary alicyclic amines) is 1. The van der Waals surface area contributed by atoms with Crippen LogP contribution in [-0.2, 0) is 11.3 Å². The number of amides is 1. The lowest BCUT2D eigenvalue weighted by molar-refractivity contribution is -0.118. The van der Waals surface area contributed by atoms with Crippen LogP contribution in [0.15, 0.2) is 66.8 Å². The molecule has 0 radical (unpaired) electrons. The Hall–Kier alpha value is -3.14. The number of carbonyl (C=O) groups excluding carboxylic acids is 1. The van der Waals surface area contributed by atoms with Gasteiger partial charge in [0.2, 0.25) is 5.91 Å². The molecular weight excluding hydrogens is 527 g/mol. The molecule has 1 aliphatic heterocycles. The van der Waals surface area contributed by atoms with Crippen LogP contribution in [0.2, 0.25) is 5.02 Å². The Labute approximate surface area is 231 Å². The van der Waals surface area contributed by atoms with E-state index in [9.17, 15) is 9.18 Å². The lowest BCUT2D eigenvalue weighted by atomic mass is 9.97. The minimum absolute atomic E-state index is 0.0536. The van der Waals surface area contributed by atoms with Crippen molar-refractivity contribution in [1.29, 1.82) is 0 Å². The van der Waals surface area contributed by atoms with Crippen molar-refractivity contribution in [3.05, 3.63) is 78.0 Å².